The molecule has 0 amide bonds. The van der Waals surface area contributed by atoms with Gasteiger partial charge in [-0.3, -0.25) is 4.79 Å². The fourth-order valence-electron chi connectivity index (χ4n) is 1.64. The molecule has 5 heteroatoms. The van der Waals surface area contributed by atoms with Gasteiger partial charge in [0.25, 0.3) is 0 Å². The third kappa shape index (κ3) is 3.68. The second-order valence-electron chi connectivity index (χ2n) is 4.46. The van der Waals surface area contributed by atoms with E-state index in [9.17, 15) is 14.7 Å². The smallest absolute Gasteiger partial charge is 0.346 e. The molecule has 1 aliphatic rings. The third-order valence-corrected chi connectivity index (χ3v) is 2.83. The summed E-state index contributed by atoms with van der Waals surface area (Å²) in [5.74, 6) is -2.07. The molecule has 0 aliphatic carbocycles. The van der Waals surface area contributed by atoms with Crippen molar-refractivity contribution in [3.8, 4) is 0 Å². The Hall–Kier alpha value is -2.14. The Morgan fingerprint density at radius 1 is 1.25 bits per heavy atom. The maximum Gasteiger partial charge on any atom is 0.346 e. The van der Waals surface area contributed by atoms with Gasteiger partial charge in [0, 0.05) is 0 Å². The van der Waals surface area contributed by atoms with E-state index >= 15 is 0 Å². The Labute approximate surface area is 117 Å². The highest BCUT2D eigenvalue weighted by molar-refractivity contribution is 6.23. The van der Waals surface area contributed by atoms with E-state index in [0.29, 0.717) is 0 Å². The Morgan fingerprint density at radius 3 is 2.40 bits per heavy atom. The van der Waals surface area contributed by atoms with Gasteiger partial charge in [0.15, 0.2) is 6.10 Å². The summed E-state index contributed by atoms with van der Waals surface area (Å²) in [5.41, 5.74) is 1.48. The first-order chi connectivity index (χ1) is 9.40. The topological polar surface area (TPSA) is 83.8 Å². The van der Waals surface area contributed by atoms with Crippen LogP contribution in [0.4, 0.5) is 0 Å². The van der Waals surface area contributed by atoms with Crippen LogP contribution in [0.15, 0.2) is 46.8 Å². The lowest BCUT2D eigenvalue weighted by molar-refractivity contribution is -0.142. The molecule has 0 spiro atoms. The van der Waals surface area contributed by atoms with E-state index in [1.54, 1.807) is 6.08 Å². The van der Waals surface area contributed by atoms with Crippen molar-refractivity contribution >= 4 is 11.8 Å². The molecule has 0 saturated carbocycles. The van der Waals surface area contributed by atoms with Gasteiger partial charge in [-0.15, -0.1) is 0 Å². The fraction of sp³-hybridized carbons (Fsp3) is 0.333. The molecule has 1 fully saturated rings. The van der Waals surface area contributed by atoms with Crippen LogP contribution in [0.3, 0.4) is 0 Å². The number of aliphatic hydroxyl groups excluding tert-OH is 2. The lowest BCUT2D eigenvalue weighted by Crippen LogP contribution is -2.20. The number of Topliss-reactive ketones (excluding diaryl/α,β-unsaturated/α-hetero) is 1. The molecule has 20 heavy (non-hydrogen) atoms. The van der Waals surface area contributed by atoms with Gasteiger partial charge in [-0.05, 0) is 26.8 Å². The molecule has 1 heterocycles. The summed E-state index contributed by atoms with van der Waals surface area (Å²) in [6.07, 6.45) is 5.46. The van der Waals surface area contributed by atoms with Crippen molar-refractivity contribution in [3.05, 3.63) is 46.8 Å². The van der Waals surface area contributed by atoms with Crippen molar-refractivity contribution in [1.29, 1.82) is 0 Å². The summed E-state index contributed by atoms with van der Waals surface area (Å²) in [5, 5.41) is 18.7. The SMILES string of the molecule is C/C=C(C)/C=C(C)/C=C/C(O)=C1\C(=O)O[C@H](CO)C1=O. The molecular weight excluding hydrogens is 260 g/mol. The molecular formula is C15H18O5. The maximum absolute atomic E-state index is 11.7. The van der Waals surface area contributed by atoms with Gasteiger partial charge < -0.3 is 14.9 Å². The highest BCUT2D eigenvalue weighted by Gasteiger charge is 2.40. The van der Waals surface area contributed by atoms with Crippen molar-refractivity contribution in [1.82, 2.24) is 0 Å². The molecule has 108 valence electrons. The van der Waals surface area contributed by atoms with Crippen LogP contribution in [-0.4, -0.2) is 34.7 Å². The highest BCUT2D eigenvalue weighted by Crippen LogP contribution is 2.20. The van der Waals surface area contributed by atoms with E-state index in [1.165, 1.54) is 6.08 Å². The van der Waals surface area contributed by atoms with Crippen LogP contribution >= 0.6 is 0 Å². The summed E-state index contributed by atoms with van der Waals surface area (Å²) in [6.45, 7) is 5.07. The first-order valence-electron chi connectivity index (χ1n) is 6.19. The zero-order valence-corrected chi connectivity index (χ0v) is 11.7. The highest BCUT2D eigenvalue weighted by atomic mass is 16.6. The number of hydrogen-bond donors (Lipinski definition) is 2. The maximum atomic E-state index is 11.7. The molecule has 1 rings (SSSR count). The van der Waals surface area contributed by atoms with E-state index in [4.69, 9.17) is 5.11 Å². The van der Waals surface area contributed by atoms with Crippen LogP contribution in [0.1, 0.15) is 20.8 Å². The van der Waals surface area contributed by atoms with Crippen molar-refractivity contribution in [2.24, 2.45) is 0 Å². The minimum Gasteiger partial charge on any atom is -0.507 e. The second-order valence-corrected chi connectivity index (χ2v) is 4.46. The number of ketones is 1. The lowest BCUT2D eigenvalue weighted by atomic mass is 10.1. The Balaban J connectivity index is 2.97. The number of ether oxygens (including phenoxy) is 1. The number of hydrogen-bond acceptors (Lipinski definition) is 5. The zero-order chi connectivity index (χ0) is 15.3. The predicted octanol–water partition coefficient (Wildman–Crippen LogP) is 1.75. The van der Waals surface area contributed by atoms with Crippen LogP contribution in [0, 0.1) is 0 Å². The molecule has 0 aromatic rings. The first kappa shape index (κ1) is 15.9. The van der Waals surface area contributed by atoms with Gasteiger partial charge in [-0.25, -0.2) is 4.79 Å². The quantitative estimate of drug-likeness (QED) is 0.269. The average Bonchev–Trinajstić information content (AvgIpc) is 2.70. The molecule has 2 N–H and O–H groups in total. The molecule has 1 aliphatic heterocycles. The summed E-state index contributed by atoms with van der Waals surface area (Å²) in [7, 11) is 0. The minimum absolute atomic E-state index is 0.421. The van der Waals surface area contributed by atoms with Crippen molar-refractivity contribution in [3.63, 3.8) is 0 Å². The van der Waals surface area contributed by atoms with Gasteiger partial charge in [0.05, 0.1) is 6.61 Å². The van der Waals surface area contributed by atoms with Crippen LogP contribution < -0.4 is 0 Å². The molecule has 0 radical (unpaired) electrons. The van der Waals surface area contributed by atoms with Gasteiger partial charge in [0.2, 0.25) is 5.78 Å². The molecule has 1 saturated heterocycles. The minimum atomic E-state index is -1.21. The second kappa shape index (κ2) is 6.86. The van der Waals surface area contributed by atoms with E-state index < -0.39 is 35.8 Å². The number of carbonyl (C=O) groups excluding carboxylic acids is 2. The molecule has 0 aromatic heterocycles. The molecule has 0 unspecified atom stereocenters. The van der Waals surface area contributed by atoms with Crippen LogP contribution in [0.25, 0.3) is 0 Å². The van der Waals surface area contributed by atoms with Gasteiger partial charge in [0.1, 0.15) is 11.3 Å². The molecule has 0 bridgehead atoms. The number of aliphatic hydroxyl groups is 2. The molecule has 0 aromatic carbocycles. The van der Waals surface area contributed by atoms with E-state index in [1.807, 2.05) is 32.9 Å². The number of cyclic esters (lactones) is 1. The monoisotopic (exact) mass is 278 g/mol. The fourth-order valence-corrected chi connectivity index (χ4v) is 1.64. The van der Waals surface area contributed by atoms with Crippen LogP contribution in [0.2, 0.25) is 0 Å². The summed E-state index contributed by atoms with van der Waals surface area (Å²) < 4.78 is 4.63. The summed E-state index contributed by atoms with van der Waals surface area (Å²) >= 11 is 0. The van der Waals surface area contributed by atoms with Crippen molar-refractivity contribution < 1.29 is 24.5 Å². The lowest BCUT2D eigenvalue weighted by Gasteiger charge is -1.99. The number of allylic oxidation sites excluding steroid dienone is 6. The Morgan fingerprint density at radius 2 is 1.90 bits per heavy atom. The standard InChI is InChI=1S/C15H18O5/c1-4-9(2)7-10(3)5-6-11(17)13-14(18)12(8-16)20-15(13)19/h4-7,12,16-17H,8H2,1-3H3/b6-5+,9-4+,10-7+,13-11+/t12-/m1/s1. The van der Waals surface area contributed by atoms with Gasteiger partial charge >= 0.3 is 5.97 Å². The van der Waals surface area contributed by atoms with Gasteiger partial charge in [-0.1, -0.05) is 29.4 Å². The van der Waals surface area contributed by atoms with E-state index in [2.05, 4.69) is 4.74 Å². The molecule has 1 atom stereocenters. The number of rotatable bonds is 4. The Bertz CT molecular complexity index is 534. The average molecular weight is 278 g/mol. The van der Waals surface area contributed by atoms with E-state index in [-0.39, 0.29) is 0 Å². The van der Waals surface area contributed by atoms with Crippen molar-refractivity contribution in [2.45, 2.75) is 26.9 Å². The van der Waals surface area contributed by atoms with Gasteiger partial charge in [-0.2, -0.15) is 0 Å². The zero-order valence-electron chi connectivity index (χ0n) is 11.7. The first-order valence-corrected chi connectivity index (χ1v) is 6.19. The third-order valence-electron chi connectivity index (χ3n) is 2.83. The van der Waals surface area contributed by atoms with E-state index in [0.717, 1.165) is 11.1 Å². The largest absolute Gasteiger partial charge is 0.507 e. The van der Waals surface area contributed by atoms with Crippen LogP contribution in [-0.2, 0) is 14.3 Å². The summed E-state index contributed by atoms with van der Waals surface area (Å²) in [4.78, 5) is 23.1. The Kier molecular flexibility index (Phi) is 5.46. The van der Waals surface area contributed by atoms with Crippen molar-refractivity contribution in [2.75, 3.05) is 6.61 Å². The predicted molar refractivity (Wildman–Crippen MR) is 74.0 cm³/mol. The number of esters is 1. The summed E-state index contributed by atoms with van der Waals surface area (Å²) in [6, 6.07) is 0. The van der Waals surface area contributed by atoms with Crippen LogP contribution in [0.5, 0.6) is 0 Å². The molecule has 5 nitrogen and oxygen atoms in total. The normalized spacial score (nSPS) is 23.5. The number of carbonyl (C=O) groups is 2.